The lowest BCUT2D eigenvalue weighted by Gasteiger charge is -2.12. The second-order valence-electron chi connectivity index (χ2n) is 11.4. The molecule has 0 bridgehead atoms. The van der Waals surface area contributed by atoms with Gasteiger partial charge < -0.3 is 0 Å². The summed E-state index contributed by atoms with van der Waals surface area (Å²) in [6.45, 7) is 0. The molecule has 0 N–H and O–H groups in total. The van der Waals surface area contributed by atoms with Gasteiger partial charge in [-0.2, -0.15) is 0 Å². The number of hydrogen-bond donors (Lipinski definition) is 0. The monoisotopic (exact) mass is 530 g/mol. The van der Waals surface area contributed by atoms with Crippen LogP contribution < -0.4 is 0 Å². The molecule has 0 spiro atoms. The van der Waals surface area contributed by atoms with Crippen LogP contribution in [0, 0.1) is 0 Å². The van der Waals surface area contributed by atoms with E-state index in [1.54, 1.807) is 0 Å². The predicted molar refractivity (Wildman–Crippen MR) is 182 cm³/mol. The zero-order chi connectivity index (χ0) is 27.6. The van der Waals surface area contributed by atoms with Gasteiger partial charge in [0.1, 0.15) is 0 Å². The second kappa shape index (κ2) is 9.03. The van der Waals surface area contributed by atoms with Crippen molar-refractivity contribution in [3.8, 4) is 22.3 Å². The molecule has 0 heterocycles. The van der Waals surface area contributed by atoms with Gasteiger partial charge in [0.15, 0.2) is 0 Å². The normalized spacial score (nSPS) is 11.8. The molecule has 0 heteroatoms. The summed E-state index contributed by atoms with van der Waals surface area (Å²) in [4.78, 5) is 0. The molecule has 0 atom stereocenters. The standard InChI is InChI=1S/C42H26/c1-3-7-37-27(5-1)9-11-29-15-19-33(23-39(29)37)35-21-17-31-13-14-32-18-22-36(26-42(32)41(31)25-35)34-20-16-30-12-10-28-6-2-4-8-38(28)40(30)24-34/h1-26H. The molecule has 0 aliphatic heterocycles. The molecule has 0 unspecified atom stereocenters. The highest BCUT2D eigenvalue weighted by Gasteiger charge is 2.09. The molecule has 0 radical (unpaired) electrons. The Morgan fingerprint density at radius 3 is 0.762 bits per heavy atom. The molecule has 0 aromatic heterocycles. The Kier molecular flexibility index (Phi) is 5.00. The summed E-state index contributed by atoms with van der Waals surface area (Å²) in [6.07, 6.45) is 0. The van der Waals surface area contributed by atoms with Gasteiger partial charge in [-0.1, -0.05) is 133 Å². The fourth-order valence-electron chi connectivity index (χ4n) is 6.77. The minimum Gasteiger partial charge on any atom is -0.0616 e. The van der Waals surface area contributed by atoms with Crippen LogP contribution in [0.4, 0.5) is 0 Å². The summed E-state index contributed by atoms with van der Waals surface area (Å²) < 4.78 is 0. The van der Waals surface area contributed by atoms with Gasteiger partial charge in [-0.05, 0) is 111 Å². The summed E-state index contributed by atoms with van der Waals surface area (Å²) in [5, 5.41) is 15.4. The summed E-state index contributed by atoms with van der Waals surface area (Å²) in [5.41, 5.74) is 4.98. The van der Waals surface area contributed by atoms with Crippen molar-refractivity contribution in [2.75, 3.05) is 0 Å². The lowest BCUT2D eigenvalue weighted by molar-refractivity contribution is 1.67. The fourth-order valence-corrected chi connectivity index (χ4v) is 6.77. The summed E-state index contributed by atoms with van der Waals surface area (Å²) in [7, 11) is 0. The molecular formula is C42H26. The van der Waals surface area contributed by atoms with Crippen molar-refractivity contribution in [2.24, 2.45) is 0 Å². The van der Waals surface area contributed by atoms with Crippen molar-refractivity contribution in [2.45, 2.75) is 0 Å². The van der Waals surface area contributed by atoms with E-state index in [4.69, 9.17) is 0 Å². The minimum atomic E-state index is 1.24. The molecular weight excluding hydrogens is 504 g/mol. The third-order valence-electron chi connectivity index (χ3n) is 9.00. The van der Waals surface area contributed by atoms with Crippen LogP contribution in [0.5, 0.6) is 0 Å². The molecule has 0 saturated heterocycles. The van der Waals surface area contributed by atoms with E-state index >= 15 is 0 Å². The Morgan fingerprint density at radius 1 is 0.190 bits per heavy atom. The van der Waals surface area contributed by atoms with E-state index in [1.807, 2.05) is 0 Å². The van der Waals surface area contributed by atoms with Gasteiger partial charge in [0.05, 0.1) is 0 Å². The summed E-state index contributed by atoms with van der Waals surface area (Å²) in [6, 6.07) is 58.3. The lowest BCUT2D eigenvalue weighted by Crippen LogP contribution is -1.85. The highest BCUT2D eigenvalue weighted by atomic mass is 14.1. The van der Waals surface area contributed by atoms with Crippen LogP contribution in [0.25, 0.3) is 86.9 Å². The molecule has 0 amide bonds. The van der Waals surface area contributed by atoms with Gasteiger partial charge in [-0.25, -0.2) is 0 Å². The molecule has 9 aromatic rings. The fraction of sp³-hybridized carbons (Fsp3) is 0. The van der Waals surface area contributed by atoms with E-state index in [1.165, 1.54) is 86.9 Å². The number of fused-ring (bicyclic) bond motifs is 9. The third kappa shape index (κ3) is 3.62. The van der Waals surface area contributed by atoms with E-state index in [0.717, 1.165) is 0 Å². The first-order valence-corrected chi connectivity index (χ1v) is 14.6. The van der Waals surface area contributed by atoms with Gasteiger partial charge in [-0.3, -0.25) is 0 Å². The van der Waals surface area contributed by atoms with E-state index in [2.05, 4.69) is 158 Å². The van der Waals surface area contributed by atoms with Crippen LogP contribution in [0.3, 0.4) is 0 Å². The van der Waals surface area contributed by atoms with Gasteiger partial charge in [-0.15, -0.1) is 0 Å². The smallest absolute Gasteiger partial charge is 0.00990 e. The molecule has 9 aromatic carbocycles. The van der Waals surface area contributed by atoms with Crippen molar-refractivity contribution < 1.29 is 0 Å². The summed E-state index contributed by atoms with van der Waals surface area (Å²) in [5.74, 6) is 0. The van der Waals surface area contributed by atoms with Crippen LogP contribution in [-0.2, 0) is 0 Å². The Balaban J connectivity index is 1.22. The maximum atomic E-state index is 2.38. The first-order valence-electron chi connectivity index (χ1n) is 14.6. The SMILES string of the molecule is c1ccc2c(c1)ccc1ccc(-c3ccc4ccc5ccc(-c6ccc7ccc8ccccc8c7c6)cc5c4c3)cc12. The number of rotatable bonds is 2. The van der Waals surface area contributed by atoms with E-state index in [0.29, 0.717) is 0 Å². The average Bonchev–Trinajstić information content (AvgIpc) is 3.07. The average molecular weight is 531 g/mol. The molecule has 9 rings (SSSR count). The van der Waals surface area contributed by atoms with Crippen molar-refractivity contribution in [3.63, 3.8) is 0 Å². The second-order valence-corrected chi connectivity index (χ2v) is 11.4. The quantitative estimate of drug-likeness (QED) is 0.195. The molecule has 0 saturated carbocycles. The highest BCUT2D eigenvalue weighted by Crippen LogP contribution is 2.36. The Bertz CT molecular complexity index is 2340. The van der Waals surface area contributed by atoms with Crippen LogP contribution in [-0.4, -0.2) is 0 Å². The van der Waals surface area contributed by atoms with Crippen molar-refractivity contribution >= 4 is 64.6 Å². The molecule has 0 nitrogen and oxygen atoms in total. The third-order valence-corrected chi connectivity index (χ3v) is 9.00. The minimum absolute atomic E-state index is 1.24. The van der Waals surface area contributed by atoms with Gasteiger partial charge in [0, 0.05) is 0 Å². The molecule has 42 heavy (non-hydrogen) atoms. The van der Waals surface area contributed by atoms with Crippen LogP contribution in [0.2, 0.25) is 0 Å². The van der Waals surface area contributed by atoms with Gasteiger partial charge in [0.25, 0.3) is 0 Å². The largest absolute Gasteiger partial charge is 0.0616 e. The predicted octanol–water partition coefficient (Wildman–Crippen LogP) is 11.9. The van der Waals surface area contributed by atoms with E-state index in [9.17, 15) is 0 Å². The highest BCUT2D eigenvalue weighted by molar-refractivity contribution is 6.12. The molecule has 0 aliphatic rings. The van der Waals surface area contributed by atoms with Crippen LogP contribution in [0.1, 0.15) is 0 Å². The number of benzene rings is 9. The Labute approximate surface area is 244 Å². The maximum absolute atomic E-state index is 2.38. The zero-order valence-corrected chi connectivity index (χ0v) is 23.0. The summed E-state index contributed by atoms with van der Waals surface area (Å²) >= 11 is 0. The Morgan fingerprint density at radius 2 is 0.429 bits per heavy atom. The van der Waals surface area contributed by atoms with Crippen molar-refractivity contribution in [1.82, 2.24) is 0 Å². The topological polar surface area (TPSA) is 0 Å². The molecule has 0 fully saturated rings. The van der Waals surface area contributed by atoms with Crippen molar-refractivity contribution in [3.05, 3.63) is 158 Å². The molecule has 194 valence electrons. The van der Waals surface area contributed by atoms with Crippen molar-refractivity contribution in [1.29, 1.82) is 0 Å². The van der Waals surface area contributed by atoms with Crippen LogP contribution >= 0.6 is 0 Å². The number of hydrogen-bond acceptors (Lipinski definition) is 0. The lowest BCUT2D eigenvalue weighted by atomic mass is 9.92. The van der Waals surface area contributed by atoms with Crippen LogP contribution in [0.15, 0.2) is 158 Å². The Hall–Kier alpha value is -5.46. The maximum Gasteiger partial charge on any atom is -0.00990 e. The van der Waals surface area contributed by atoms with Gasteiger partial charge in [0.2, 0.25) is 0 Å². The zero-order valence-electron chi connectivity index (χ0n) is 23.0. The van der Waals surface area contributed by atoms with E-state index < -0.39 is 0 Å². The van der Waals surface area contributed by atoms with E-state index in [-0.39, 0.29) is 0 Å². The first-order chi connectivity index (χ1) is 20.8. The van der Waals surface area contributed by atoms with Gasteiger partial charge >= 0.3 is 0 Å². The first kappa shape index (κ1) is 23.3. The molecule has 0 aliphatic carbocycles.